The van der Waals surface area contributed by atoms with Crippen molar-refractivity contribution in [2.45, 2.75) is 221 Å². The van der Waals surface area contributed by atoms with Crippen LogP contribution in [0.25, 0.3) is 20.9 Å². The van der Waals surface area contributed by atoms with Gasteiger partial charge in [-0.05, 0) is 56.4 Å². The fourth-order valence-electron chi connectivity index (χ4n) is 14.1. The maximum Gasteiger partial charge on any atom is 0.338 e. The topological polar surface area (TPSA) is 335 Å². The van der Waals surface area contributed by atoms with E-state index in [4.69, 9.17) is 85.3 Å². The van der Waals surface area contributed by atoms with E-state index in [-0.39, 0.29) is 59.5 Å². The van der Waals surface area contributed by atoms with Gasteiger partial charge in [0, 0.05) is 23.4 Å². The summed E-state index contributed by atoms with van der Waals surface area (Å²) in [6.07, 6.45) is -20.0. The first-order chi connectivity index (χ1) is 56.5. The highest BCUT2D eigenvalue weighted by atomic mass is 16.8. The van der Waals surface area contributed by atoms with Crippen LogP contribution in [-0.2, 0) is 146 Å². The third-order valence-electron chi connectivity index (χ3n) is 19.9. The third-order valence-corrected chi connectivity index (χ3v) is 19.9. The van der Waals surface area contributed by atoms with E-state index < -0.39 is 154 Å². The fraction of sp³-hybridized carbons (Fsp3) is 0.460. The number of unbranched alkanes of at least 4 members (excludes halogenated alkanes) is 5. The summed E-state index contributed by atoms with van der Waals surface area (Å²) in [4.78, 5) is 50.1. The van der Waals surface area contributed by atoms with Gasteiger partial charge < -0.3 is 90.4 Å². The SMILES string of the molecule is C=CCOC(=O)[C@H]1O[C@@H](O[C@H]2[C@H](OCc3ccccc3)[C@@H](N=[N+]=[N-])[C@@H](O[C@H]3[C@H](OCc4ccccc4)[C@@H](OCc4ccccc4)[C@H](O[C@H]4[C@H](OCc5ccccc5)[C@@H](N=[N+]=[N-])[C@H](OCCCCCCCC)O[C@@H]4CO)O[C@@H]3C(=O)OC)O[C@@H]2COC(C)=O)[C@H](OCc2ccccc2)[C@@H](OCc2ccccc2)[C@@H]1OCc1ccccc1. The first kappa shape index (κ1) is 86.5. The van der Waals surface area contributed by atoms with Gasteiger partial charge in [0.1, 0.15) is 98.5 Å². The van der Waals surface area contributed by atoms with Crippen molar-refractivity contribution in [3.8, 4) is 0 Å². The monoisotopic (exact) mass is 1580 g/mol. The highest BCUT2D eigenvalue weighted by molar-refractivity contribution is 5.76. The van der Waals surface area contributed by atoms with E-state index in [1.807, 2.05) is 212 Å². The summed E-state index contributed by atoms with van der Waals surface area (Å²) >= 11 is 0. The number of benzene rings is 7. The van der Waals surface area contributed by atoms with Gasteiger partial charge in [-0.1, -0.05) is 274 Å². The number of methoxy groups -OCH3 is 1. The summed E-state index contributed by atoms with van der Waals surface area (Å²) < 4.78 is 122. The maximum absolute atomic E-state index is 15.2. The molecule has 0 amide bonds. The number of hydrogen-bond acceptors (Lipinski definition) is 24. The van der Waals surface area contributed by atoms with Gasteiger partial charge in [-0.25, -0.2) is 9.59 Å². The zero-order valence-electron chi connectivity index (χ0n) is 64.8. The van der Waals surface area contributed by atoms with E-state index in [0.29, 0.717) is 23.1 Å². The van der Waals surface area contributed by atoms with Crippen molar-refractivity contribution in [1.29, 1.82) is 0 Å². The van der Waals surface area contributed by atoms with E-state index in [0.717, 1.165) is 61.5 Å². The standard InChI is InChI=1S/C87H102N6O22/c1-5-7-8-9-10-32-48-100-84-68(90-92-88)72(102-50-59-33-18-11-19-34-59)70(66(49-94)109-84)111-87-81(108-56-65-45-30-17-31-46-65)76(106-54-63-41-26-15-27-42-63)77(79(115-87)82(96)98-4)113-85-69(91-93-89)73(103-51-60-35-20-12-21-36-60)71(67(110-85)57-101-58(3)95)112-86-80(107-55-64-43-28-16-29-44-64)75(105-53-62-39-24-14-25-40-62)74(78(114-86)83(97)99-47-6-2)104-52-61-37-22-13-23-38-61/h6,11-31,33-46,66-81,84-87,94H,2,5,7-10,32,47-57H2,1,3-4H3/t66-,67-,68-,69-,70-,71-,72-,73-,74+,75+,76+,77+,78+,79+,80-,81-,84-,85-,86-,87-/m1/s1. The van der Waals surface area contributed by atoms with Crippen LogP contribution in [0.3, 0.4) is 0 Å². The van der Waals surface area contributed by atoms with Crippen molar-refractivity contribution < 1.29 is 105 Å². The summed E-state index contributed by atoms with van der Waals surface area (Å²) in [6.45, 7) is 5.16. The molecule has 0 aromatic heterocycles. The van der Waals surface area contributed by atoms with Crippen molar-refractivity contribution in [1.82, 2.24) is 0 Å². The van der Waals surface area contributed by atoms with Crippen molar-refractivity contribution in [3.63, 3.8) is 0 Å². The van der Waals surface area contributed by atoms with Gasteiger partial charge in [0.15, 0.2) is 37.4 Å². The van der Waals surface area contributed by atoms with Crippen LogP contribution in [0.2, 0.25) is 0 Å². The summed E-state index contributed by atoms with van der Waals surface area (Å²) in [7, 11) is 1.14. The van der Waals surface area contributed by atoms with E-state index in [1.54, 1.807) is 0 Å². The molecule has 7 aromatic carbocycles. The molecule has 0 saturated carbocycles. The molecule has 28 nitrogen and oxygen atoms in total. The quantitative estimate of drug-likeness (QED) is 0.00705. The Morgan fingerprint density at radius 3 is 1.15 bits per heavy atom. The zero-order chi connectivity index (χ0) is 80.4. The van der Waals surface area contributed by atoms with E-state index in [2.05, 4.69) is 33.6 Å². The average molecular weight is 1580 g/mol. The summed E-state index contributed by atoms with van der Waals surface area (Å²) in [5, 5.41) is 20.2. The number of ether oxygens (including phenoxy) is 18. The first-order valence-corrected chi connectivity index (χ1v) is 38.9. The second-order valence-corrected chi connectivity index (χ2v) is 28.0. The summed E-state index contributed by atoms with van der Waals surface area (Å²) in [5.74, 6) is -2.66. The molecule has 4 aliphatic rings. The number of nitrogens with zero attached hydrogens (tertiary/aromatic N) is 6. The predicted octanol–water partition coefficient (Wildman–Crippen LogP) is 13.3. The highest BCUT2D eigenvalue weighted by Crippen LogP contribution is 2.42. The third kappa shape index (κ3) is 25.1. The lowest BCUT2D eigenvalue weighted by molar-refractivity contribution is -0.382. The van der Waals surface area contributed by atoms with Crippen molar-refractivity contribution >= 4 is 17.9 Å². The molecule has 0 unspecified atom stereocenters. The molecular weight excluding hydrogens is 1480 g/mol. The number of rotatable bonds is 44. The van der Waals surface area contributed by atoms with Crippen LogP contribution < -0.4 is 0 Å². The molecule has 612 valence electrons. The Morgan fingerprint density at radius 2 is 0.757 bits per heavy atom. The molecular formula is C87H102N6O22. The molecule has 4 aliphatic heterocycles. The normalized spacial score (nSPS) is 27.2. The molecule has 4 fully saturated rings. The number of aliphatic hydroxyl groups excluding tert-OH is 1. The molecule has 0 aliphatic carbocycles. The van der Waals surface area contributed by atoms with Crippen molar-refractivity contribution in [3.05, 3.63) is 285 Å². The van der Waals surface area contributed by atoms with Gasteiger partial charge in [-0.3, -0.25) is 4.79 Å². The Kier molecular flexibility index (Phi) is 34.9. The molecule has 115 heavy (non-hydrogen) atoms. The minimum absolute atomic E-state index is 0.0262. The number of aliphatic hydroxyl groups is 1. The van der Waals surface area contributed by atoms with Gasteiger partial charge in [0.05, 0.1) is 60.0 Å². The van der Waals surface area contributed by atoms with Crippen molar-refractivity contribution in [2.24, 2.45) is 10.2 Å². The molecule has 20 atom stereocenters. The molecule has 7 aromatic rings. The largest absolute Gasteiger partial charge is 0.467 e. The number of carbonyl (C=O) groups excluding carboxylic acids is 3. The number of azide groups is 2. The van der Waals surface area contributed by atoms with Gasteiger partial charge in [-0.15, -0.1) is 0 Å². The lowest BCUT2D eigenvalue weighted by atomic mass is 9.93. The van der Waals surface area contributed by atoms with Crippen LogP contribution in [0, 0.1) is 0 Å². The second-order valence-electron chi connectivity index (χ2n) is 28.0. The smallest absolute Gasteiger partial charge is 0.338 e. The van der Waals surface area contributed by atoms with Crippen molar-refractivity contribution in [2.75, 3.05) is 33.5 Å². The molecule has 1 N–H and O–H groups in total. The highest BCUT2D eigenvalue weighted by Gasteiger charge is 2.60. The minimum Gasteiger partial charge on any atom is -0.467 e. The Bertz CT molecular complexity index is 4110. The molecule has 28 heteroatoms. The second kappa shape index (κ2) is 46.4. The van der Waals surface area contributed by atoms with Crippen LogP contribution in [0.4, 0.5) is 0 Å². The minimum atomic E-state index is -1.89. The molecule has 0 spiro atoms. The van der Waals surface area contributed by atoms with E-state index in [1.165, 1.54) is 13.0 Å². The average Bonchev–Trinajstić information content (AvgIpc) is 0.756. The predicted molar refractivity (Wildman–Crippen MR) is 416 cm³/mol. The van der Waals surface area contributed by atoms with Crippen LogP contribution in [0.5, 0.6) is 0 Å². The Hall–Kier alpha value is -9.33. The molecule has 0 radical (unpaired) electrons. The molecule has 4 heterocycles. The lowest BCUT2D eigenvalue weighted by Gasteiger charge is -2.51. The fourth-order valence-corrected chi connectivity index (χ4v) is 14.1. The first-order valence-electron chi connectivity index (χ1n) is 38.9. The van der Waals surface area contributed by atoms with Gasteiger partial charge >= 0.3 is 17.9 Å². The lowest BCUT2D eigenvalue weighted by Crippen LogP contribution is -2.69. The summed E-state index contributed by atoms with van der Waals surface area (Å²) in [5.41, 5.74) is 26.4. The number of carbonyl (C=O) groups is 3. The van der Waals surface area contributed by atoms with Crippen LogP contribution in [0.15, 0.2) is 235 Å². The Labute approximate surface area is 669 Å². The Balaban J connectivity index is 1.02. The molecule has 0 bridgehead atoms. The Morgan fingerprint density at radius 1 is 0.409 bits per heavy atom. The van der Waals surface area contributed by atoms with Crippen LogP contribution in [0.1, 0.15) is 91.3 Å². The number of esters is 3. The van der Waals surface area contributed by atoms with E-state index >= 15 is 4.79 Å². The van der Waals surface area contributed by atoms with Crippen LogP contribution in [-0.4, -0.2) is 179 Å². The molecule has 4 saturated heterocycles. The van der Waals surface area contributed by atoms with E-state index in [9.17, 15) is 25.8 Å². The maximum atomic E-state index is 15.2. The number of hydrogen-bond donors (Lipinski definition) is 1. The molecule has 11 rings (SSSR count). The van der Waals surface area contributed by atoms with Gasteiger partial charge in [0.25, 0.3) is 0 Å². The zero-order valence-corrected chi connectivity index (χ0v) is 64.8. The van der Waals surface area contributed by atoms with Crippen LogP contribution >= 0.6 is 0 Å². The summed E-state index contributed by atoms with van der Waals surface area (Å²) in [6, 6.07) is 61.7. The van der Waals surface area contributed by atoms with Gasteiger partial charge in [-0.2, -0.15) is 0 Å². The van der Waals surface area contributed by atoms with Gasteiger partial charge in [0.2, 0.25) is 0 Å².